The van der Waals surface area contributed by atoms with Crippen LogP contribution in [-0.4, -0.2) is 10.4 Å². The average Bonchev–Trinajstić information content (AvgIpc) is 2.07. The van der Waals surface area contributed by atoms with Crippen molar-refractivity contribution in [1.82, 2.24) is 0 Å². The molecule has 76 valence electrons. The van der Waals surface area contributed by atoms with Crippen LogP contribution in [0.2, 0.25) is 0 Å². The van der Waals surface area contributed by atoms with Gasteiger partial charge in [0.25, 0.3) is 0 Å². The highest BCUT2D eigenvalue weighted by Crippen LogP contribution is 2.22. The number of nitrogens with zero attached hydrogens (tertiary/aromatic N) is 2. The van der Waals surface area contributed by atoms with Crippen molar-refractivity contribution in [2.24, 2.45) is 5.11 Å². The van der Waals surface area contributed by atoms with Gasteiger partial charge in [-0.2, -0.15) is 0 Å². The van der Waals surface area contributed by atoms with E-state index >= 15 is 0 Å². The van der Waals surface area contributed by atoms with Crippen LogP contribution in [0.4, 0.5) is 11.4 Å². The lowest BCUT2D eigenvalue weighted by atomic mass is 10.1. The summed E-state index contributed by atoms with van der Waals surface area (Å²) in [5.41, 5.74) is 6.14. The largest absolute Gasteiger partial charge is 0.599 e. The number of benzene rings is 1. The van der Waals surface area contributed by atoms with Gasteiger partial charge in [-0.3, -0.25) is 0 Å². The van der Waals surface area contributed by atoms with Crippen molar-refractivity contribution < 1.29 is 4.86 Å². The van der Waals surface area contributed by atoms with Gasteiger partial charge in [0.15, 0.2) is 11.2 Å². The maximum atomic E-state index is 11.5. The van der Waals surface area contributed by atoms with Gasteiger partial charge < -0.3 is 10.9 Å². The third kappa shape index (κ3) is 2.45. The van der Waals surface area contributed by atoms with Gasteiger partial charge in [0.2, 0.25) is 0 Å². The number of hydrogen-bond acceptors (Lipinski definition) is 3. The quantitative estimate of drug-likeness (QED) is 0.322. The van der Waals surface area contributed by atoms with E-state index in [-0.39, 0.29) is 0 Å². The third-order valence-electron chi connectivity index (χ3n) is 1.71. The first-order valence-electron chi connectivity index (χ1n) is 4.45. The Morgan fingerprint density at radius 1 is 1.29 bits per heavy atom. The zero-order chi connectivity index (χ0) is 10.8. The number of hydroxylamine groups is 1. The summed E-state index contributed by atoms with van der Waals surface area (Å²) in [5, 5.41) is 15.4. The summed E-state index contributed by atoms with van der Waals surface area (Å²) >= 11 is 0. The lowest BCUT2D eigenvalue weighted by molar-refractivity contribution is -0.594. The van der Waals surface area contributed by atoms with Crippen LogP contribution < -0.4 is 5.73 Å². The second-order valence-corrected chi connectivity index (χ2v) is 4.10. The summed E-state index contributed by atoms with van der Waals surface area (Å²) in [4.78, 5) is 0.665. The molecular formula is C10H15N3O. The minimum Gasteiger partial charge on any atom is -0.599 e. The van der Waals surface area contributed by atoms with Gasteiger partial charge in [-0.25, -0.2) is 0 Å². The summed E-state index contributed by atoms with van der Waals surface area (Å²) in [6.07, 6.45) is 0. The van der Waals surface area contributed by atoms with Crippen molar-refractivity contribution in [2.75, 3.05) is 5.73 Å². The monoisotopic (exact) mass is 193 g/mol. The first kappa shape index (κ1) is 10.5. The van der Waals surface area contributed by atoms with Crippen LogP contribution in [0, 0.1) is 5.21 Å². The molecule has 0 saturated heterocycles. The molecule has 1 aromatic carbocycles. The molecule has 0 unspecified atom stereocenters. The Balaban J connectivity index is 3.04. The lowest BCUT2D eigenvalue weighted by Gasteiger charge is -2.15. The van der Waals surface area contributed by atoms with E-state index in [0.717, 1.165) is 0 Å². The molecule has 0 radical (unpaired) electrons. The van der Waals surface area contributed by atoms with Crippen molar-refractivity contribution in [1.29, 1.82) is 0 Å². The molecule has 2 N–H and O–H groups in total. The second-order valence-electron chi connectivity index (χ2n) is 4.10. The molecule has 0 fully saturated rings. The number of hydrogen-bond donors (Lipinski definition) is 1. The Bertz CT molecular complexity index is 353. The van der Waals surface area contributed by atoms with Gasteiger partial charge in [0.1, 0.15) is 0 Å². The topological polar surface area (TPSA) is 64.5 Å². The van der Waals surface area contributed by atoms with Crippen LogP contribution in [0.1, 0.15) is 20.8 Å². The molecule has 0 amide bonds. The van der Waals surface area contributed by atoms with Crippen LogP contribution in [0.3, 0.4) is 0 Å². The smallest absolute Gasteiger partial charge is 0.191 e. The highest BCUT2D eigenvalue weighted by Gasteiger charge is 2.20. The summed E-state index contributed by atoms with van der Waals surface area (Å²) in [7, 11) is 0. The van der Waals surface area contributed by atoms with E-state index in [0.29, 0.717) is 16.2 Å². The molecule has 0 aromatic heterocycles. The molecule has 0 atom stereocenters. The van der Waals surface area contributed by atoms with Gasteiger partial charge in [0.05, 0.1) is 5.69 Å². The van der Waals surface area contributed by atoms with Crippen molar-refractivity contribution in [3.8, 4) is 0 Å². The molecule has 4 nitrogen and oxygen atoms in total. The van der Waals surface area contributed by atoms with Gasteiger partial charge in [-0.1, -0.05) is 17.0 Å². The van der Waals surface area contributed by atoms with E-state index in [4.69, 9.17) is 5.73 Å². The van der Waals surface area contributed by atoms with Gasteiger partial charge in [-0.05, 0) is 12.1 Å². The van der Waals surface area contributed by atoms with Crippen LogP contribution in [0.15, 0.2) is 29.4 Å². The fourth-order valence-corrected chi connectivity index (χ4v) is 0.826. The minimum atomic E-state index is -0.539. The predicted molar refractivity (Wildman–Crippen MR) is 56.3 cm³/mol. The predicted octanol–water partition coefficient (Wildman–Crippen LogP) is 2.66. The van der Waals surface area contributed by atoms with Crippen LogP contribution in [0.25, 0.3) is 0 Å². The third-order valence-corrected chi connectivity index (χ3v) is 1.71. The van der Waals surface area contributed by atoms with Gasteiger partial charge in [0, 0.05) is 25.9 Å². The van der Waals surface area contributed by atoms with E-state index in [9.17, 15) is 5.21 Å². The van der Waals surface area contributed by atoms with Crippen LogP contribution in [0.5, 0.6) is 0 Å². The summed E-state index contributed by atoms with van der Waals surface area (Å²) in [5.74, 6) is 0. The molecule has 0 aliphatic carbocycles. The van der Waals surface area contributed by atoms with Crippen molar-refractivity contribution in [2.45, 2.75) is 26.3 Å². The normalized spacial score (nSPS) is 12.9. The van der Waals surface area contributed by atoms with Crippen LogP contribution in [-0.2, 0) is 0 Å². The molecular weight excluding hydrogens is 178 g/mol. The first-order chi connectivity index (χ1) is 6.41. The Hall–Kier alpha value is -1.58. The number of nitrogen functional groups attached to an aromatic ring is 1. The van der Waals surface area contributed by atoms with Gasteiger partial charge >= 0.3 is 0 Å². The molecule has 4 heteroatoms. The van der Waals surface area contributed by atoms with E-state index in [1.165, 1.54) is 0 Å². The standard InChI is InChI=1S/C10H15N3O/c1-10(2,3)13(14)12-9-7-5-4-6-8(9)11/h4-7H,11H2,1-3H3. The molecule has 14 heavy (non-hydrogen) atoms. The molecule has 0 aliphatic rings. The van der Waals surface area contributed by atoms with E-state index in [2.05, 4.69) is 5.11 Å². The molecule has 1 aromatic rings. The summed E-state index contributed by atoms with van der Waals surface area (Å²) in [6, 6.07) is 7.04. The van der Waals surface area contributed by atoms with Crippen molar-refractivity contribution in [3.63, 3.8) is 0 Å². The fourth-order valence-electron chi connectivity index (χ4n) is 0.826. The number of nitrogens with two attached hydrogens (primary N) is 1. The SMILES string of the molecule is CC(C)(C)[N+]([O-])=Nc1ccccc1N. The van der Waals surface area contributed by atoms with Crippen LogP contribution >= 0.6 is 0 Å². The Labute approximate surface area is 83.6 Å². The number of anilines is 1. The van der Waals surface area contributed by atoms with Crippen molar-refractivity contribution in [3.05, 3.63) is 29.5 Å². The highest BCUT2D eigenvalue weighted by molar-refractivity contribution is 5.60. The molecule has 0 heterocycles. The summed E-state index contributed by atoms with van der Waals surface area (Å²) < 4.78 is 0. The molecule has 0 saturated carbocycles. The molecule has 0 bridgehead atoms. The fraction of sp³-hybridized carbons (Fsp3) is 0.400. The van der Waals surface area contributed by atoms with E-state index < -0.39 is 5.54 Å². The zero-order valence-electron chi connectivity index (χ0n) is 8.69. The molecule has 1 rings (SSSR count). The second kappa shape index (κ2) is 3.65. The lowest BCUT2D eigenvalue weighted by Crippen LogP contribution is -2.26. The number of para-hydroxylation sites is 1. The minimum absolute atomic E-state index is 0.512. The Morgan fingerprint density at radius 2 is 1.86 bits per heavy atom. The van der Waals surface area contributed by atoms with Crippen molar-refractivity contribution >= 4 is 11.4 Å². The first-order valence-corrected chi connectivity index (χ1v) is 4.45. The maximum absolute atomic E-state index is 11.5. The van der Waals surface area contributed by atoms with E-state index in [1.807, 2.05) is 0 Å². The maximum Gasteiger partial charge on any atom is 0.191 e. The average molecular weight is 193 g/mol. The number of azo groups is 1. The Kier molecular flexibility index (Phi) is 2.74. The zero-order valence-corrected chi connectivity index (χ0v) is 8.69. The summed E-state index contributed by atoms with van der Waals surface area (Å²) in [6.45, 7) is 5.38. The molecule has 0 aliphatic heterocycles. The van der Waals surface area contributed by atoms with Gasteiger partial charge in [-0.15, -0.1) is 0 Å². The highest BCUT2D eigenvalue weighted by atomic mass is 16.5. The molecule has 0 spiro atoms. The Morgan fingerprint density at radius 3 is 2.36 bits per heavy atom. The number of rotatable bonds is 1. The van der Waals surface area contributed by atoms with E-state index in [1.54, 1.807) is 45.0 Å².